The maximum absolute atomic E-state index is 11.6. The molecular weight excluding hydrogens is 248 g/mol. The van der Waals surface area contributed by atoms with Crippen LogP contribution in [0.4, 0.5) is 4.79 Å². The summed E-state index contributed by atoms with van der Waals surface area (Å²) in [6, 6.07) is 9.09. The molecule has 0 aliphatic rings. The Balaban J connectivity index is 2.36. The van der Waals surface area contributed by atoms with Crippen LogP contribution in [0.2, 0.25) is 0 Å². The standard InChI is InChI=1S/C13H12N2O2S/c1-15(2)13(17)18-11-6-4-9-3-5-10(8-16)14-12(9)7-11/h3-8H,1-2H3. The van der Waals surface area contributed by atoms with Gasteiger partial charge in [0.1, 0.15) is 5.69 Å². The van der Waals surface area contributed by atoms with Crippen molar-refractivity contribution in [2.45, 2.75) is 4.90 Å². The summed E-state index contributed by atoms with van der Waals surface area (Å²) in [6.45, 7) is 0. The lowest BCUT2D eigenvalue weighted by Gasteiger charge is -2.09. The summed E-state index contributed by atoms with van der Waals surface area (Å²) in [5, 5.41) is 0.906. The average molecular weight is 260 g/mol. The zero-order valence-corrected chi connectivity index (χ0v) is 10.9. The normalized spacial score (nSPS) is 10.3. The molecule has 0 unspecified atom stereocenters. The quantitative estimate of drug-likeness (QED) is 0.615. The second-order valence-corrected chi connectivity index (χ2v) is 5.00. The highest BCUT2D eigenvalue weighted by Gasteiger charge is 2.07. The van der Waals surface area contributed by atoms with Crippen molar-refractivity contribution >= 4 is 34.2 Å². The fraction of sp³-hybridized carbons (Fsp3) is 0.154. The smallest absolute Gasteiger partial charge is 0.285 e. The van der Waals surface area contributed by atoms with Gasteiger partial charge in [-0.2, -0.15) is 0 Å². The molecule has 5 heteroatoms. The third-order valence-corrected chi connectivity index (χ3v) is 3.41. The molecule has 18 heavy (non-hydrogen) atoms. The molecule has 1 aromatic carbocycles. The molecule has 0 aliphatic carbocycles. The number of amides is 1. The minimum atomic E-state index is -0.0408. The van der Waals surface area contributed by atoms with E-state index in [4.69, 9.17) is 0 Å². The average Bonchev–Trinajstić information content (AvgIpc) is 2.37. The Morgan fingerprint density at radius 2 is 2.00 bits per heavy atom. The van der Waals surface area contributed by atoms with Crippen LogP contribution in [-0.4, -0.2) is 35.5 Å². The molecule has 2 aromatic rings. The number of aromatic nitrogens is 1. The van der Waals surface area contributed by atoms with Crippen molar-refractivity contribution in [3.05, 3.63) is 36.0 Å². The summed E-state index contributed by atoms with van der Waals surface area (Å²) in [6.07, 6.45) is 0.713. The lowest BCUT2D eigenvalue weighted by molar-refractivity contribution is 0.111. The predicted octanol–water partition coefficient (Wildman–Crippen LogP) is 2.82. The number of thioether (sulfide) groups is 1. The first kappa shape index (κ1) is 12.6. The minimum Gasteiger partial charge on any atom is -0.339 e. The van der Waals surface area contributed by atoms with Crippen LogP contribution in [-0.2, 0) is 0 Å². The lowest BCUT2D eigenvalue weighted by Crippen LogP contribution is -2.15. The predicted molar refractivity (Wildman–Crippen MR) is 72.1 cm³/mol. The van der Waals surface area contributed by atoms with Crippen LogP contribution >= 0.6 is 11.8 Å². The van der Waals surface area contributed by atoms with Crippen LogP contribution < -0.4 is 0 Å². The summed E-state index contributed by atoms with van der Waals surface area (Å²) in [4.78, 5) is 28.8. The molecule has 0 saturated heterocycles. The number of hydrogen-bond donors (Lipinski definition) is 0. The number of fused-ring (bicyclic) bond motifs is 1. The van der Waals surface area contributed by atoms with Crippen molar-refractivity contribution in [2.75, 3.05) is 14.1 Å². The zero-order chi connectivity index (χ0) is 13.1. The summed E-state index contributed by atoms with van der Waals surface area (Å²) in [5.74, 6) is 0. The first-order valence-electron chi connectivity index (χ1n) is 5.35. The molecule has 1 amide bonds. The molecule has 0 saturated carbocycles. The topological polar surface area (TPSA) is 50.3 Å². The first-order chi connectivity index (χ1) is 8.60. The van der Waals surface area contributed by atoms with Crippen LogP contribution in [0.25, 0.3) is 10.9 Å². The van der Waals surface area contributed by atoms with Gasteiger partial charge in [0.15, 0.2) is 6.29 Å². The molecular formula is C13H12N2O2S. The highest BCUT2D eigenvalue weighted by Crippen LogP contribution is 2.24. The van der Waals surface area contributed by atoms with E-state index in [1.807, 2.05) is 24.3 Å². The molecule has 0 atom stereocenters. The van der Waals surface area contributed by atoms with Crippen molar-refractivity contribution in [3.8, 4) is 0 Å². The van der Waals surface area contributed by atoms with Crippen molar-refractivity contribution in [2.24, 2.45) is 0 Å². The lowest BCUT2D eigenvalue weighted by atomic mass is 10.2. The largest absolute Gasteiger partial charge is 0.339 e. The molecule has 0 fully saturated rings. The van der Waals surface area contributed by atoms with E-state index < -0.39 is 0 Å². The van der Waals surface area contributed by atoms with Crippen LogP contribution in [0, 0.1) is 0 Å². The molecule has 4 nitrogen and oxygen atoms in total. The van der Waals surface area contributed by atoms with E-state index in [0.29, 0.717) is 12.0 Å². The van der Waals surface area contributed by atoms with Gasteiger partial charge in [-0.3, -0.25) is 9.59 Å². The van der Waals surface area contributed by atoms with Gasteiger partial charge in [-0.25, -0.2) is 4.98 Å². The van der Waals surface area contributed by atoms with E-state index in [2.05, 4.69) is 4.98 Å². The van der Waals surface area contributed by atoms with Gasteiger partial charge < -0.3 is 4.90 Å². The molecule has 2 rings (SSSR count). The van der Waals surface area contributed by atoms with E-state index in [-0.39, 0.29) is 5.24 Å². The highest BCUT2D eigenvalue weighted by atomic mass is 32.2. The van der Waals surface area contributed by atoms with Crippen molar-refractivity contribution in [1.82, 2.24) is 9.88 Å². The highest BCUT2D eigenvalue weighted by molar-refractivity contribution is 8.13. The number of aldehydes is 1. The maximum atomic E-state index is 11.6. The molecule has 0 radical (unpaired) electrons. The molecule has 0 bridgehead atoms. The minimum absolute atomic E-state index is 0.0408. The van der Waals surface area contributed by atoms with E-state index in [1.54, 1.807) is 20.2 Å². The summed E-state index contributed by atoms with van der Waals surface area (Å²) < 4.78 is 0. The SMILES string of the molecule is CN(C)C(=O)Sc1ccc2ccc(C=O)nc2c1. The van der Waals surface area contributed by atoms with E-state index in [0.717, 1.165) is 27.6 Å². The Hall–Kier alpha value is -1.88. The molecule has 1 aromatic heterocycles. The Kier molecular flexibility index (Phi) is 3.62. The molecule has 0 spiro atoms. The Morgan fingerprint density at radius 3 is 2.67 bits per heavy atom. The van der Waals surface area contributed by atoms with Crippen LogP contribution in [0.5, 0.6) is 0 Å². The summed E-state index contributed by atoms with van der Waals surface area (Å²) in [7, 11) is 3.41. The fourth-order valence-electron chi connectivity index (χ4n) is 1.43. The molecule has 0 N–H and O–H groups in total. The number of pyridine rings is 1. The second-order valence-electron chi connectivity index (χ2n) is 3.97. The van der Waals surface area contributed by atoms with E-state index >= 15 is 0 Å². The van der Waals surface area contributed by atoms with E-state index in [1.165, 1.54) is 4.90 Å². The van der Waals surface area contributed by atoms with Crippen LogP contribution in [0.1, 0.15) is 10.5 Å². The Bertz CT molecular complexity index is 611. The van der Waals surface area contributed by atoms with Gasteiger partial charge in [0, 0.05) is 24.4 Å². The maximum Gasteiger partial charge on any atom is 0.285 e. The van der Waals surface area contributed by atoms with Gasteiger partial charge in [-0.1, -0.05) is 12.1 Å². The number of nitrogens with zero attached hydrogens (tertiary/aromatic N) is 2. The Morgan fingerprint density at radius 1 is 1.28 bits per heavy atom. The van der Waals surface area contributed by atoms with Gasteiger partial charge in [-0.15, -0.1) is 0 Å². The number of carbonyl (C=O) groups excluding carboxylic acids is 2. The van der Waals surface area contributed by atoms with Crippen LogP contribution in [0.15, 0.2) is 35.2 Å². The van der Waals surface area contributed by atoms with Gasteiger partial charge in [0.05, 0.1) is 5.52 Å². The molecule has 0 aliphatic heterocycles. The molecule has 92 valence electrons. The summed E-state index contributed by atoms with van der Waals surface area (Å²) in [5.41, 5.74) is 1.11. The number of carbonyl (C=O) groups is 2. The fourth-order valence-corrected chi connectivity index (χ4v) is 2.12. The van der Waals surface area contributed by atoms with Crippen molar-refractivity contribution < 1.29 is 9.59 Å². The summed E-state index contributed by atoms with van der Waals surface area (Å²) >= 11 is 1.14. The van der Waals surface area contributed by atoms with Gasteiger partial charge in [0.2, 0.25) is 0 Å². The van der Waals surface area contributed by atoms with Crippen LogP contribution in [0.3, 0.4) is 0 Å². The van der Waals surface area contributed by atoms with Gasteiger partial charge in [0.25, 0.3) is 5.24 Å². The third kappa shape index (κ3) is 2.68. The number of benzene rings is 1. The molecule has 1 heterocycles. The second kappa shape index (κ2) is 5.18. The monoisotopic (exact) mass is 260 g/mol. The first-order valence-corrected chi connectivity index (χ1v) is 6.17. The Labute approximate surface area is 109 Å². The third-order valence-electron chi connectivity index (χ3n) is 2.38. The van der Waals surface area contributed by atoms with Crippen molar-refractivity contribution in [1.29, 1.82) is 0 Å². The zero-order valence-electron chi connectivity index (χ0n) is 10.1. The van der Waals surface area contributed by atoms with Gasteiger partial charge >= 0.3 is 0 Å². The van der Waals surface area contributed by atoms with E-state index in [9.17, 15) is 9.59 Å². The number of hydrogen-bond acceptors (Lipinski definition) is 4. The number of rotatable bonds is 2. The van der Waals surface area contributed by atoms with Crippen molar-refractivity contribution in [3.63, 3.8) is 0 Å². The van der Waals surface area contributed by atoms with Gasteiger partial charge in [-0.05, 0) is 30.0 Å².